The lowest BCUT2D eigenvalue weighted by Crippen LogP contribution is -2.40. The molecular formula is C11H9F3O2. The van der Waals surface area contributed by atoms with E-state index in [0.717, 1.165) is 12.1 Å². The molecule has 0 bridgehead atoms. The maximum atomic E-state index is 12.6. The molecule has 0 fully saturated rings. The molecule has 86 valence electrons. The average Bonchev–Trinajstić information content (AvgIpc) is 2.26. The Morgan fingerprint density at radius 1 is 1.31 bits per heavy atom. The summed E-state index contributed by atoms with van der Waals surface area (Å²) in [6.07, 6.45) is -0.228. The average molecular weight is 230 g/mol. The number of aliphatic hydroxyl groups is 2. The topological polar surface area (TPSA) is 40.5 Å². The summed E-state index contributed by atoms with van der Waals surface area (Å²) in [6.45, 7) is -0.424. The molecule has 5 heteroatoms. The van der Waals surface area contributed by atoms with Gasteiger partial charge in [0, 0.05) is 5.56 Å². The zero-order valence-electron chi connectivity index (χ0n) is 8.12. The van der Waals surface area contributed by atoms with Crippen LogP contribution in [0.15, 0.2) is 24.3 Å². The Morgan fingerprint density at radius 3 is 2.38 bits per heavy atom. The predicted octanol–water partition coefficient (Wildman–Crippen LogP) is 1.56. The van der Waals surface area contributed by atoms with Crippen molar-refractivity contribution in [2.24, 2.45) is 0 Å². The maximum absolute atomic E-state index is 12.6. The lowest BCUT2D eigenvalue weighted by Gasteiger charge is -2.25. The van der Waals surface area contributed by atoms with Gasteiger partial charge in [-0.25, -0.2) is 0 Å². The first-order valence-corrected chi connectivity index (χ1v) is 4.32. The highest BCUT2D eigenvalue weighted by atomic mass is 19.4. The minimum Gasteiger partial charge on any atom is -0.392 e. The van der Waals surface area contributed by atoms with Crippen LogP contribution in [0.25, 0.3) is 0 Å². The van der Waals surface area contributed by atoms with Gasteiger partial charge in [0.25, 0.3) is 0 Å². The number of rotatable bonds is 2. The first-order valence-electron chi connectivity index (χ1n) is 4.32. The van der Waals surface area contributed by atoms with E-state index < -0.39 is 23.9 Å². The number of benzene rings is 1. The van der Waals surface area contributed by atoms with Crippen LogP contribution in [0.1, 0.15) is 11.1 Å². The van der Waals surface area contributed by atoms with Crippen molar-refractivity contribution in [3.63, 3.8) is 0 Å². The molecule has 0 aliphatic heterocycles. The summed E-state index contributed by atoms with van der Waals surface area (Å²) in [4.78, 5) is 0. The smallest absolute Gasteiger partial charge is 0.392 e. The summed E-state index contributed by atoms with van der Waals surface area (Å²) >= 11 is 0. The summed E-state index contributed by atoms with van der Waals surface area (Å²) in [5.41, 5.74) is -3.55. The van der Waals surface area contributed by atoms with Crippen LogP contribution in [-0.2, 0) is 12.2 Å². The molecule has 1 aromatic carbocycles. The number of aliphatic hydroxyl groups excluding tert-OH is 1. The van der Waals surface area contributed by atoms with E-state index in [9.17, 15) is 18.3 Å². The van der Waals surface area contributed by atoms with Gasteiger partial charge in [-0.3, -0.25) is 0 Å². The lowest BCUT2D eigenvalue weighted by atomic mass is 9.93. The molecule has 0 saturated carbocycles. The van der Waals surface area contributed by atoms with E-state index in [1.165, 1.54) is 18.1 Å². The molecule has 0 spiro atoms. The number of halogens is 3. The van der Waals surface area contributed by atoms with Gasteiger partial charge in [-0.1, -0.05) is 24.1 Å². The SMILES string of the molecule is C#CC(O)(c1cccc(CO)c1)C(F)(F)F. The van der Waals surface area contributed by atoms with Gasteiger partial charge in [-0.05, 0) is 11.6 Å². The second-order valence-corrected chi connectivity index (χ2v) is 3.21. The molecule has 2 N–H and O–H groups in total. The van der Waals surface area contributed by atoms with Crippen molar-refractivity contribution in [1.82, 2.24) is 0 Å². The fraction of sp³-hybridized carbons (Fsp3) is 0.273. The number of alkyl halides is 3. The van der Waals surface area contributed by atoms with E-state index in [2.05, 4.69) is 0 Å². The monoisotopic (exact) mass is 230 g/mol. The Balaban J connectivity index is 3.30. The number of hydrogen-bond donors (Lipinski definition) is 2. The highest BCUT2D eigenvalue weighted by Gasteiger charge is 2.54. The molecule has 16 heavy (non-hydrogen) atoms. The Morgan fingerprint density at radius 2 is 1.94 bits per heavy atom. The van der Waals surface area contributed by atoms with E-state index >= 15 is 0 Å². The van der Waals surface area contributed by atoms with Gasteiger partial charge in [0.2, 0.25) is 5.60 Å². The molecule has 0 aliphatic rings. The van der Waals surface area contributed by atoms with E-state index in [0.29, 0.717) is 0 Å². The van der Waals surface area contributed by atoms with Gasteiger partial charge in [0.1, 0.15) is 0 Å². The van der Waals surface area contributed by atoms with E-state index in [-0.39, 0.29) is 5.56 Å². The van der Waals surface area contributed by atoms with Crippen LogP contribution in [0.2, 0.25) is 0 Å². The summed E-state index contributed by atoms with van der Waals surface area (Å²) in [6, 6.07) is 4.80. The minimum absolute atomic E-state index is 0.246. The van der Waals surface area contributed by atoms with Crippen molar-refractivity contribution in [2.75, 3.05) is 0 Å². The van der Waals surface area contributed by atoms with E-state index in [1.807, 2.05) is 0 Å². The Labute approximate surface area is 90.3 Å². The maximum Gasteiger partial charge on any atom is 0.433 e. The quantitative estimate of drug-likeness (QED) is 0.757. The summed E-state index contributed by atoms with van der Waals surface area (Å²) in [5, 5.41) is 18.2. The molecular weight excluding hydrogens is 221 g/mol. The first-order chi connectivity index (χ1) is 7.35. The summed E-state index contributed by atoms with van der Waals surface area (Å²) in [7, 11) is 0. The van der Waals surface area contributed by atoms with Gasteiger partial charge in [-0.15, -0.1) is 6.42 Å². The van der Waals surface area contributed by atoms with Gasteiger partial charge in [0.15, 0.2) is 0 Å². The molecule has 1 unspecified atom stereocenters. The summed E-state index contributed by atoms with van der Waals surface area (Å²) < 4.78 is 37.7. The molecule has 0 saturated heterocycles. The second-order valence-electron chi connectivity index (χ2n) is 3.21. The molecule has 0 heterocycles. The Bertz CT molecular complexity index is 420. The fourth-order valence-electron chi connectivity index (χ4n) is 1.22. The van der Waals surface area contributed by atoms with Crippen molar-refractivity contribution >= 4 is 0 Å². The fourth-order valence-corrected chi connectivity index (χ4v) is 1.22. The standard InChI is InChI=1S/C11H9F3O2/c1-2-10(16,11(12,13)14)9-5-3-4-8(6-9)7-15/h1,3-6,15-16H,7H2. The normalized spacial score (nSPS) is 15.2. The third kappa shape index (κ3) is 2.03. The number of terminal acetylenes is 1. The van der Waals surface area contributed by atoms with Crippen LogP contribution < -0.4 is 0 Å². The van der Waals surface area contributed by atoms with Crippen molar-refractivity contribution in [3.05, 3.63) is 35.4 Å². The molecule has 1 rings (SSSR count). The van der Waals surface area contributed by atoms with Gasteiger partial charge >= 0.3 is 6.18 Å². The highest BCUT2D eigenvalue weighted by Crippen LogP contribution is 2.38. The van der Waals surface area contributed by atoms with Crippen molar-refractivity contribution < 1.29 is 23.4 Å². The van der Waals surface area contributed by atoms with Crippen LogP contribution in [0.3, 0.4) is 0 Å². The van der Waals surface area contributed by atoms with Crippen LogP contribution in [-0.4, -0.2) is 16.4 Å². The number of hydrogen-bond acceptors (Lipinski definition) is 2. The largest absolute Gasteiger partial charge is 0.433 e. The minimum atomic E-state index is -4.96. The zero-order chi connectivity index (χ0) is 12.4. The van der Waals surface area contributed by atoms with Crippen molar-refractivity contribution in [3.8, 4) is 12.3 Å². The second kappa shape index (κ2) is 4.16. The van der Waals surface area contributed by atoms with E-state index in [1.54, 1.807) is 0 Å². The third-order valence-corrected chi connectivity index (χ3v) is 2.15. The van der Waals surface area contributed by atoms with E-state index in [4.69, 9.17) is 11.5 Å². The molecule has 2 nitrogen and oxygen atoms in total. The lowest BCUT2D eigenvalue weighted by molar-refractivity contribution is -0.240. The first kappa shape index (κ1) is 12.6. The van der Waals surface area contributed by atoms with Crippen LogP contribution in [0.5, 0.6) is 0 Å². The Hall–Kier alpha value is -1.51. The Kier molecular flexibility index (Phi) is 3.27. The van der Waals surface area contributed by atoms with Crippen LogP contribution >= 0.6 is 0 Å². The molecule has 0 aromatic heterocycles. The molecule has 1 atom stereocenters. The summed E-state index contributed by atoms with van der Waals surface area (Å²) in [5.74, 6) is 1.33. The molecule has 0 radical (unpaired) electrons. The zero-order valence-corrected chi connectivity index (χ0v) is 8.12. The molecule has 1 aromatic rings. The van der Waals surface area contributed by atoms with Crippen LogP contribution in [0.4, 0.5) is 13.2 Å². The van der Waals surface area contributed by atoms with Gasteiger partial charge in [-0.2, -0.15) is 13.2 Å². The molecule has 0 amide bonds. The highest BCUT2D eigenvalue weighted by molar-refractivity contribution is 5.35. The van der Waals surface area contributed by atoms with Gasteiger partial charge < -0.3 is 10.2 Å². The van der Waals surface area contributed by atoms with Crippen molar-refractivity contribution in [2.45, 2.75) is 18.4 Å². The van der Waals surface area contributed by atoms with Crippen LogP contribution in [0, 0.1) is 12.3 Å². The van der Waals surface area contributed by atoms with Crippen molar-refractivity contribution in [1.29, 1.82) is 0 Å². The van der Waals surface area contributed by atoms with Gasteiger partial charge in [0.05, 0.1) is 6.61 Å². The predicted molar refractivity (Wildman–Crippen MR) is 51.1 cm³/mol. The third-order valence-electron chi connectivity index (χ3n) is 2.15. The molecule has 0 aliphatic carbocycles.